The van der Waals surface area contributed by atoms with Gasteiger partial charge in [0.15, 0.2) is 0 Å². The fraction of sp³-hybridized carbons (Fsp3) is 0.917. The SMILES string of the molecule is O=C(OC12CC3CC(C1)C(O)C(C3)C2)C(F)(F)S(=O)(=O)F. The van der Waals surface area contributed by atoms with E-state index in [1.807, 2.05) is 0 Å². The molecule has 0 aromatic heterocycles. The molecule has 4 aliphatic rings. The van der Waals surface area contributed by atoms with Gasteiger partial charge in [-0.25, -0.2) is 4.79 Å². The molecule has 0 heterocycles. The van der Waals surface area contributed by atoms with Gasteiger partial charge in [0, 0.05) is 0 Å². The lowest BCUT2D eigenvalue weighted by atomic mass is 9.53. The smallest absolute Gasteiger partial charge is 0.454 e. The second-order valence-corrected chi connectivity index (χ2v) is 7.88. The summed E-state index contributed by atoms with van der Waals surface area (Å²) in [6, 6.07) is 0. The normalized spacial score (nSPS) is 42.1. The lowest BCUT2D eigenvalue weighted by molar-refractivity contribution is -0.217. The summed E-state index contributed by atoms with van der Waals surface area (Å²) in [5.74, 6) is -2.48. The van der Waals surface area contributed by atoms with Crippen LogP contribution >= 0.6 is 0 Å². The molecule has 4 fully saturated rings. The maximum Gasteiger partial charge on any atom is 0.470 e. The van der Waals surface area contributed by atoms with Crippen LogP contribution in [0.4, 0.5) is 12.7 Å². The van der Waals surface area contributed by atoms with Gasteiger partial charge in [-0.3, -0.25) is 0 Å². The third-order valence-corrected chi connectivity index (χ3v) is 5.80. The molecule has 4 bridgehead atoms. The Morgan fingerprint density at radius 2 is 1.71 bits per heavy atom. The molecule has 9 heteroatoms. The number of hydrogen-bond donors (Lipinski definition) is 1. The number of carbonyl (C=O) groups is 1. The maximum absolute atomic E-state index is 13.2. The van der Waals surface area contributed by atoms with Gasteiger partial charge in [-0.2, -0.15) is 17.2 Å². The van der Waals surface area contributed by atoms with Crippen molar-refractivity contribution in [3.8, 4) is 0 Å². The number of aliphatic hydroxyl groups is 1. The molecule has 0 aromatic rings. The van der Waals surface area contributed by atoms with Crippen molar-refractivity contribution in [2.45, 2.75) is 49.1 Å². The fourth-order valence-corrected chi connectivity index (χ4v) is 4.64. The molecule has 1 N–H and O–H groups in total. The van der Waals surface area contributed by atoms with Gasteiger partial charge in [0.25, 0.3) is 0 Å². The first-order valence-electron chi connectivity index (χ1n) is 6.78. The van der Waals surface area contributed by atoms with Crippen LogP contribution in [0.5, 0.6) is 0 Å². The second kappa shape index (κ2) is 4.34. The summed E-state index contributed by atoms with van der Waals surface area (Å²) in [5.41, 5.74) is -1.19. The van der Waals surface area contributed by atoms with Crippen LogP contribution in [0.3, 0.4) is 0 Å². The molecule has 21 heavy (non-hydrogen) atoms. The molecule has 0 aromatic carbocycles. The average molecular weight is 328 g/mol. The van der Waals surface area contributed by atoms with Crippen LogP contribution in [-0.4, -0.2) is 36.5 Å². The van der Waals surface area contributed by atoms with Crippen molar-refractivity contribution in [3.05, 3.63) is 0 Å². The lowest BCUT2D eigenvalue weighted by Gasteiger charge is -2.57. The minimum atomic E-state index is -6.35. The molecule has 0 aliphatic heterocycles. The molecule has 0 amide bonds. The van der Waals surface area contributed by atoms with E-state index in [0.717, 1.165) is 12.8 Å². The number of rotatable bonds is 3. The molecule has 4 saturated carbocycles. The standard InChI is InChI=1S/C12H15F3O5S/c13-12(14,21(15,18)19)10(17)20-11-3-6-1-7(4-11)9(16)8(2-6)5-11/h6-9,16H,1-5H2. The largest absolute Gasteiger partial charge is 0.470 e. The number of aliphatic hydroxyl groups excluding tert-OH is 1. The Labute approximate surface area is 119 Å². The summed E-state index contributed by atoms with van der Waals surface area (Å²) in [5, 5.41) is 4.83. The van der Waals surface area contributed by atoms with Gasteiger partial charge in [-0.1, -0.05) is 3.89 Å². The molecular formula is C12H15F3O5S. The number of halogens is 3. The summed E-state index contributed by atoms with van der Waals surface area (Å²) in [7, 11) is -6.35. The molecule has 2 atom stereocenters. The number of alkyl halides is 2. The second-order valence-electron chi connectivity index (χ2n) is 6.49. The zero-order valence-electron chi connectivity index (χ0n) is 11.0. The highest BCUT2D eigenvalue weighted by atomic mass is 32.3. The van der Waals surface area contributed by atoms with E-state index >= 15 is 0 Å². The number of ether oxygens (including phenoxy) is 1. The molecule has 5 nitrogen and oxygen atoms in total. The Balaban J connectivity index is 1.81. The summed E-state index contributed by atoms with van der Waals surface area (Å²) in [6.45, 7) is 0. The van der Waals surface area contributed by atoms with Crippen molar-refractivity contribution >= 4 is 16.2 Å². The Bertz CT molecular complexity index is 559. The summed E-state index contributed by atoms with van der Waals surface area (Å²) in [4.78, 5) is 11.4. The first-order chi connectivity index (χ1) is 9.54. The lowest BCUT2D eigenvalue weighted by Crippen LogP contribution is -2.59. The highest BCUT2D eigenvalue weighted by molar-refractivity contribution is 7.88. The van der Waals surface area contributed by atoms with Crippen molar-refractivity contribution in [3.63, 3.8) is 0 Å². The van der Waals surface area contributed by atoms with E-state index in [2.05, 4.69) is 0 Å². The maximum atomic E-state index is 13.2. The van der Waals surface area contributed by atoms with Gasteiger partial charge in [-0.15, -0.1) is 0 Å². The van der Waals surface area contributed by atoms with Crippen LogP contribution in [0.15, 0.2) is 0 Å². The monoisotopic (exact) mass is 328 g/mol. The van der Waals surface area contributed by atoms with Gasteiger partial charge >= 0.3 is 21.4 Å². The first kappa shape index (κ1) is 15.1. The molecule has 0 spiro atoms. The van der Waals surface area contributed by atoms with Crippen LogP contribution in [0.2, 0.25) is 0 Å². The third-order valence-electron chi connectivity index (χ3n) is 5.02. The van der Waals surface area contributed by atoms with Crippen LogP contribution in [0, 0.1) is 17.8 Å². The van der Waals surface area contributed by atoms with Crippen molar-refractivity contribution in [1.29, 1.82) is 0 Å². The van der Waals surface area contributed by atoms with Crippen molar-refractivity contribution in [1.82, 2.24) is 0 Å². The van der Waals surface area contributed by atoms with E-state index in [9.17, 15) is 31.0 Å². The molecule has 2 unspecified atom stereocenters. The molecule has 4 aliphatic carbocycles. The van der Waals surface area contributed by atoms with Gasteiger partial charge in [0.2, 0.25) is 0 Å². The summed E-state index contributed by atoms with van der Waals surface area (Å²) in [6.07, 6.45) is 1.74. The van der Waals surface area contributed by atoms with Crippen LogP contribution in [0.25, 0.3) is 0 Å². The fourth-order valence-electron chi connectivity index (χ4n) is 4.40. The molecule has 120 valence electrons. The summed E-state index contributed by atoms with van der Waals surface area (Å²) >= 11 is 0. The predicted molar refractivity (Wildman–Crippen MR) is 63.4 cm³/mol. The molecule has 4 rings (SSSR count). The van der Waals surface area contributed by atoms with Gasteiger partial charge in [-0.05, 0) is 49.9 Å². The zero-order chi connectivity index (χ0) is 15.6. The average Bonchev–Trinajstić information content (AvgIpc) is 2.32. The van der Waals surface area contributed by atoms with E-state index in [-0.39, 0.29) is 30.6 Å². The van der Waals surface area contributed by atoms with Crippen molar-refractivity contribution in [2.75, 3.05) is 0 Å². The van der Waals surface area contributed by atoms with E-state index in [1.165, 1.54) is 0 Å². The van der Waals surface area contributed by atoms with Crippen LogP contribution in [0.1, 0.15) is 32.1 Å². The van der Waals surface area contributed by atoms with E-state index < -0.39 is 33.2 Å². The third kappa shape index (κ3) is 2.25. The van der Waals surface area contributed by atoms with Gasteiger partial charge < -0.3 is 9.84 Å². The topological polar surface area (TPSA) is 80.7 Å². The molecule has 0 saturated heterocycles. The number of esters is 1. The molecular weight excluding hydrogens is 313 g/mol. The highest BCUT2D eigenvalue weighted by Crippen LogP contribution is 2.57. The Morgan fingerprint density at radius 1 is 1.19 bits per heavy atom. The van der Waals surface area contributed by atoms with Gasteiger partial charge in [0.05, 0.1) is 6.10 Å². The first-order valence-corrected chi connectivity index (χ1v) is 8.16. The Morgan fingerprint density at radius 3 is 2.19 bits per heavy atom. The highest BCUT2D eigenvalue weighted by Gasteiger charge is 2.62. The van der Waals surface area contributed by atoms with Crippen molar-refractivity contribution in [2.24, 2.45) is 17.8 Å². The molecule has 0 radical (unpaired) electrons. The number of hydrogen-bond acceptors (Lipinski definition) is 5. The minimum Gasteiger partial charge on any atom is -0.454 e. The summed E-state index contributed by atoms with van der Waals surface area (Å²) < 4.78 is 64.4. The van der Waals surface area contributed by atoms with Crippen molar-refractivity contribution < 1.29 is 35.7 Å². The Hall–Kier alpha value is -0.830. The predicted octanol–water partition coefficient (Wildman–Crippen LogP) is 1.36. The quantitative estimate of drug-likeness (QED) is 0.625. The van der Waals surface area contributed by atoms with E-state index in [0.29, 0.717) is 6.42 Å². The van der Waals surface area contributed by atoms with Crippen LogP contribution < -0.4 is 0 Å². The van der Waals surface area contributed by atoms with E-state index in [1.54, 1.807) is 0 Å². The Kier molecular flexibility index (Phi) is 3.12. The van der Waals surface area contributed by atoms with E-state index in [4.69, 9.17) is 4.74 Å². The van der Waals surface area contributed by atoms with Crippen LogP contribution in [-0.2, 0) is 19.8 Å². The van der Waals surface area contributed by atoms with Gasteiger partial charge in [0.1, 0.15) is 5.60 Å². The zero-order valence-corrected chi connectivity index (χ0v) is 11.8. The minimum absolute atomic E-state index is 0.139. The number of carbonyl (C=O) groups excluding carboxylic acids is 1.